The zero-order chi connectivity index (χ0) is 12.5. The number of hydrogen-bond donors (Lipinski definition) is 1. The van der Waals surface area contributed by atoms with Gasteiger partial charge < -0.3 is 0 Å². The molecule has 0 heterocycles. The van der Waals surface area contributed by atoms with Gasteiger partial charge in [0, 0.05) is 0 Å². The van der Waals surface area contributed by atoms with Crippen LogP contribution in [0, 0.1) is 4.78 Å². The molecular formula is C13H13NO2S. The summed E-state index contributed by atoms with van der Waals surface area (Å²) in [6.45, 7) is 0. The summed E-state index contributed by atoms with van der Waals surface area (Å²) >= 11 is 0. The summed E-state index contributed by atoms with van der Waals surface area (Å²) in [7, 11) is -2.61. The smallest absolute Gasteiger partial charge is 0.188 e. The van der Waals surface area contributed by atoms with Gasteiger partial charge in [-0.1, -0.05) is 60.7 Å². The van der Waals surface area contributed by atoms with Crippen molar-refractivity contribution in [3.63, 3.8) is 0 Å². The highest BCUT2D eigenvalue weighted by Gasteiger charge is 1.93. The van der Waals surface area contributed by atoms with Crippen LogP contribution in [0.1, 0.15) is 12.0 Å². The highest BCUT2D eigenvalue weighted by molar-refractivity contribution is 7.60. The van der Waals surface area contributed by atoms with E-state index in [4.69, 9.17) is 13.2 Å². The number of rotatable bonds is 1. The SMILES string of the molecule is C1=CCC(=Cc2ccccc2)C=C1.N=S(=O)=O. The lowest BCUT2D eigenvalue weighted by atomic mass is 10.0. The van der Waals surface area contributed by atoms with Crippen LogP contribution >= 0.6 is 0 Å². The Hall–Kier alpha value is -1.94. The zero-order valence-electron chi connectivity index (χ0n) is 9.21. The summed E-state index contributed by atoms with van der Waals surface area (Å²) in [5.41, 5.74) is 2.64. The molecule has 1 aromatic carbocycles. The van der Waals surface area contributed by atoms with Crippen LogP contribution in [0.4, 0.5) is 0 Å². The zero-order valence-corrected chi connectivity index (χ0v) is 10.0. The highest BCUT2D eigenvalue weighted by atomic mass is 32.2. The van der Waals surface area contributed by atoms with Crippen molar-refractivity contribution >= 4 is 16.6 Å². The number of allylic oxidation sites excluding steroid dienone is 5. The Labute approximate surface area is 102 Å². The molecular weight excluding hydrogens is 234 g/mol. The predicted molar refractivity (Wildman–Crippen MR) is 69.0 cm³/mol. The van der Waals surface area contributed by atoms with Crippen LogP contribution in [0.5, 0.6) is 0 Å². The van der Waals surface area contributed by atoms with Gasteiger partial charge in [-0.15, -0.1) is 0 Å². The van der Waals surface area contributed by atoms with Crippen LogP contribution in [0.2, 0.25) is 0 Å². The second kappa shape index (κ2) is 7.35. The first-order valence-corrected chi connectivity index (χ1v) is 6.15. The molecule has 0 aromatic heterocycles. The van der Waals surface area contributed by atoms with E-state index >= 15 is 0 Å². The van der Waals surface area contributed by atoms with Crippen LogP contribution in [0.3, 0.4) is 0 Å². The molecule has 3 nitrogen and oxygen atoms in total. The van der Waals surface area contributed by atoms with Gasteiger partial charge in [0.25, 0.3) is 0 Å². The average molecular weight is 247 g/mol. The molecule has 0 amide bonds. The van der Waals surface area contributed by atoms with Gasteiger partial charge in [-0.25, -0.2) is 0 Å². The third-order valence-corrected chi connectivity index (χ3v) is 2.06. The molecule has 1 aliphatic rings. The summed E-state index contributed by atoms with van der Waals surface area (Å²) < 4.78 is 22.8. The van der Waals surface area contributed by atoms with Gasteiger partial charge in [0.15, 0.2) is 0 Å². The van der Waals surface area contributed by atoms with Crippen molar-refractivity contribution in [1.29, 1.82) is 4.78 Å². The van der Waals surface area contributed by atoms with Crippen molar-refractivity contribution in [2.75, 3.05) is 0 Å². The van der Waals surface area contributed by atoms with Gasteiger partial charge in [0.2, 0.25) is 0 Å². The Morgan fingerprint density at radius 3 is 2.29 bits per heavy atom. The van der Waals surface area contributed by atoms with E-state index < -0.39 is 10.5 Å². The molecule has 0 saturated carbocycles. The molecule has 0 saturated heterocycles. The minimum absolute atomic E-state index is 1.05. The van der Waals surface area contributed by atoms with Gasteiger partial charge in [0.1, 0.15) is 0 Å². The summed E-state index contributed by atoms with van der Waals surface area (Å²) in [5.74, 6) is 0. The topological polar surface area (TPSA) is 58.0 Å². The molecule has 2 rings (SSSR count). The average Bonchev–Trinajstić information content (AvgIpc) is 2.31. The minimum Gasteiger partial charge on any atom is -0.188 e. The molecule has 0 atom stereocenters. The Kier molecular flexibility index (Phi) is 5.68. The first-order valence-electron chi connectivity index (χ1n) is 5.08. The summed E-state index contributed by atoms with van der Waals surface area (Å²) in [6, 6.07) is 10.4. The maximum Gasteiger partial charge on any atom is 0.308 e. The fourth-order valence-electron chi connectivity index (χ4n) is 1.40. The van der Waals surface area contributed by atoms with Crippen molar-refractivity contribution in [3.8, 4) is 0 Å². The fourth-order valence-corrected chi connectivity index (χ4v) is 1.40. The van der Waals surface area contributed by atoms with Crippen LogP contribution in [0.15, 0.2) is 60.2 Å². The molecule has 88 valence electrons. The lowest BCUT2D eigenvalue weighted by Crippen LogP contribution is -1.80. The summed E-state index contributed by atoms with van der Waals surface area (Å²) in [4.78, 5) is 0. The standard InChI is InChI=1S/C13H12.HNO2S/c1-3-7-12(8-4-1)11-13-9-5-2-6-10-13;1-4(2)3/h1-9,11H,10H2;1H. The van der Waals surface area contributed by atoms with E-state index in [1.54, 1.807) is 0 Å². The van der Waals surface area contributed by atoms with Crippen LogP contribution in [-0.2, 0) is 10.5 Å². The summed E-state index contributed by atoms with van der Waals surface area (Å²) in [5, 5.41) is 0. The van der Waals surface area contributed by atoms with Crippen LogP contribution < -0.4 is 0 Å². The van der Waals surface area contributed by atoms with Crippen LogP contribution in [0.25, 0.3) is 6.08 Å². The normalized spacial score (nSPS) is 15.2. The number of nitrogens with one attached hydrogen (secondary N) is 1. The van der Waals surface area contributed by atoms with E-state index in [-0.39, 0.29) is 0 Å². The second-order valence-corrected chi connectivity index (χ2v) is 3.83. The number of hydrogen-bond acceptors (Lipinski definition) is 3. The summed E-state index contributed by atoms with van der Waals surface area (Å²) in [6.07, 6.45) is 11.8. The molecule has 1 N–H and O–H groups in total. The molecule has 17 heavy (non-hydrogen) atoms. The Balaban J connectivity index is 0.000000317. The van der Waals surface area contributed by atoms with Crippen LogP contribution in [-0.4, -0.2) is 8.42 Å². The van der Waals surface area contributed by atoms with Crippen molar-refractivity contribution in [2.45, 2.75) is 6.42 Å². The Morgan fingerprint density at radius 1 is 1.12 bits per heavy atom. The first-order chi connectivity index (χ1) is 8.18. The maximum atomic E-state index is 8.67. The lowest BCUT2D eigenvalue weighted by molar-refractivity contribution is 0.620. The van der Waals surface area contributed by atoms with E-state index in [0.29, 0.717) is 0 Å². The third-order valence-electron chi connectivity index (χ3n) is 2.06. The van der Waals surface area contributed by atoms with Gasteiger partial charge >= 0.3 is 10.5 Å². The van der Waals surface area contributed by atoms with Gasteiger partial charge in [-0.3, -0.25) is 0 Å². The molecule has 0 radical (unpaired) electrons. The van der Waals surface area contributed by atoms with Gasteiger partial charge in [-0.2, -0.15) is 13.2 Å². The Morgan fingerprint density at radius 2 is 1.76 bits per heavy atom. The largest absolute Gasteiger partial charge is 0.308 e. The van der Waals surface area contributed by atoms with E-state index in [1.807, 2.05) is 6.07 Å². The maximum absolute atomic E-state index is 8.67. The molecule has 0 bridgehead atoms. The quantitative estimate of drug-likeness (QED) is 0.828. The molecule has 1 aliphatic carbocycles. The molecule has 0 fully saturated rings. The van der Waals surface area contributed by atoms with Crippen molar-refractivity contribution in [2.24, 2.45) is 0 Å². The molecule has 0 aliphatic heterocycles. The minimum atomic E-state index is -2.61. The second-order valence-electron chi connectivity index (χ2n) is 3.36. The molecule has 4 heteroatoms. The predicted octanol–water partition coefficient (Wildman–Crippen LogP) is 3.21. The molecule has 0 spiro atoms. The van der Waals surface area contributed by atoms with Crippen molar-refractivity contribution in [3.05, 3.63) is 65.8 Å². The number of benzene rings is 1. The molecule has 0 unspecified atom stereocenters. The van der Waals surface area contributed by atoms with Gasteiger partial charge in [0.05, 0.1) is 0 Å². The van der Waals surface area contributed by atoms with Crippen molar-refractivity contribution in [1.82, 2.24) is 0 Å². The molecule has 1 aromatic rings. The Bertz CT molecular complexity index is 533. The lowest BCUT2D eigenvalue weighted by Gasteiger charge is -2.01. The van der Waals surface area contributed by atoms with E-state index in [1.165, 1.54) is 11.1 Å². The first kappa shape index (κ1) is 13.1. The van der Waals surface area contributed by atoms with Crippen molar-refractivity contribution < 1.29 is 8.42 Å². The van der Waals surface area contributed by atoms with Gasteiger partial charge in [-0.05, 0) is 17.6 Å². The third kappa shape index (κ3) is 6.27. The monoisotopic (exact) mass is 247 g/mol. The van der Waals surface area contributed by atoms with E-state index in [9.17, 15) is 0 Å². The van der Waals surface area contributed by atoms with E-state index in [0.717, 1.165) is 6.42 Å². The van der Waals surface area contributed by atoms with E-state index in [2.05, 4.69) is 54.6 Å². The fraction of sp³-hybridized carbons (Fsp3) is 0.0769. The highest BCUT2D eigenvalue weighted by Crippen LogP contribution is 2.14.